The molecule has 0 spiro atoms. The van der Waals surface area contributed by atoms with Crippen molar-refractivity contribution in [3.05, 3.63) is 53.7 Å². The largest absolute Gasteiger partial charge is 0.352 e. The number of hydrogen-bond acceptors (Lipinski definition) is 7. The Labute approximate surface area is 161 Å². The zero-order valence-electron chi connectivity index (χ0n) is 15.4. The molecule has 7 heteroatoms. The van der Waals surface area contributed by atoms with Crippen LogP contribution in [0.25, 0.3) is 21.6 Å². The quantitative estimate of drug-likeness (QED) is 0.509. The molecule has 3 aromatic heterocycles. The molecule has 27 heavy (non-hydrogen) atoms. The van der Waals surface area contributed by atoms with Crippen molar-refractivity contribution in [2.45, 2.75) is 26.8 Å². The predicted octanol–water partition coefficient (Wildman–Crippen LogP) is 5.02. The number of pyridine rings is 1. The number of hydrogen-bond donors (Lipinski definition) is 2. The van der Waals surface area contributed by atoms with Crippen molar-refractivity contribution in [3.63, 3.8) is 0 Å². The van der Waals surface area contributed by atoms with Crippen LogP contribution in [-0.4, -0.2) is 26.0 Å². The van der Waals surface area contributed by atoms with Gasteiger partial charge in [-0.2, -0.15) is 4.98 Å². The summed E-state index contributed by atoms with van der Waals surface area (Å²) >= 11 is 1.69. The number of anilines is 3. The summed E-state index contributed by atoms with van der Waals surface area (Å²) in [5.74, 6) is 1.28. The van der Waals surface area contributed by atoms with Crippen LogP contribution in [0.5, 0.6) is 0 Å². The van der Waals surface area contributed by atoms with Gasteiger partial charge < -0.3 is 10.6 Å². The maximum absolute atomic E-state index is 4.60. The second kappa shape index (κ2) is 7.28. The van der Waals surface area contributed by atoms with Crippen LogP contribution in [0.1, 0.15) is 18.9 Å². The zero-order chi connectivity index (χ0) is 18.8. The Morgan fingerprint density at radius 3 is 2.63 bits per heavy atom. The van der Waals surface area contributed by atoms with E-state index in [4.69, 9.17) is 0 Å². The van der Waals surface area contributed by atoms with Crippen LogP contribution in [-0.2, 0) is 0 Å². The van der Waals surface area contributed by atoms with E-state index in [2.05, 4.69) is 50.5 Å². The minimum absolute atomic E-state index is 0.228. The number of thiazole rings is 1. The number of nitrogens with one attached hydrogen (secondary N) is 2. The molecule has 0 aliphatic carbocycles. The fraction of sp³-hybridized carbons (Fsp3) is 0.200. The van der Waals surface area contributed by atoms with E-state index in [0.717, 1.165) is 27.6 Å². The van der Waals surface area contributed by atoms with E-state index in [1.54, 1.807) is 17.5 Å². The second-order valence-corrected chi connectivity index (χ2v) is 7.75. The summed E-state index contributed by atoms with van der Waals surface area (Å²) < 4.78 is 1.18. The Kier molecular flexibility index (Phi) is 4.68. The van der Waals surface area contributed by atoms with Gasteiger partial charge in [0.25, 0.3) is 0 Å². The van der Waals surface area contributed by atoms with E-state index >= 15 is 0 Å². The van der Waals surface area contributed by atoms with E-state index in [1.165, 1.54) is 4.70 Å². The Bertz CT molecular complexity index is 1070. The van der Waals surface area contributed by atoms with Crippen LogP contribution >= 0.6 is 11.3 Å². The lowest BCUT2D eigenvalue weighted by Crippen LogP contribution is -2.13. The second-order valence-electron chi connectivity index (χ2n) is 6.52. The fourth-order valence-corrected chi connectivity index (χ4v) is 3.56. The summed E-state index contributed by atoms with van der Waals surface area (Å²) in [5, 5.41) is 7.71. The van der Waals surface area contributed by atoms with E-state index in [1.807, 2.05) is 43.3 Å². The SMILES string of the molecule is Cc1nc2cc(Nc3cc(-c4ccccn4)nc(NC(C)C)n3)ccc2s1. The first kappa shape index (κ1) is 17.4. The minimum Gasteiger partial charge on any atom is -0.352 e. The lowest BCUT2D eigenvalue weighted by molar-refractivity contribution is 0.875. The predicted molar refractivity (Wildman–Crippen MR) is 112 cm³/mol. The lowest BCUT2D eigenvalue weighted by atomic mass is 10.2. The molecule has 0 fully saturated rings. The van der Waals surface area contributed by atoms with Crippen LogP contribution < -0.4 is 10.6 Å². The highest BCUT2D eigenvalue weighted by molar-refractivity contribution is 7.18. The molecule has 6 nitrogen and oxygen atoms in total. The van der Waals surface area contributed by atoms with Crippen LogP contribution in [0.4, 0.5) is 17.5 Å². The number of aryl methyl sites for hydroxylation is 1. The molecule has 136 valence electrons. The summed E-state index contributed by atoms with van der Waals surface area (Å²) in [6, 6.07) is 14.1. The van der Waals surface area contributed by atoms with Gasteiger partial charge in [0.05, 0.1) is 26.6 Å². The highest BCUT2D eigenvalue weighted by Gasteiger charge is 2.10. The number of rotatable bonds is 5. The van der Waals surface area contributed by atoms with Crippen molar-refractivity contribution in [1.29, 1.82) is 0 Å². The van der Waals surface area contributed by atoms with Crippen LogP contribution in [0.3, 0.4) is 0 Å². The number of aromatic nitrogens is 4. The third-order valence-electron chi connectivity index (χ3n) is 3.84. The molecule has 4 aromatic rings. The molecule has 0 radical (unpaired) electrons. The maximum atomic E-state index is 4.60. The molecule has 0 bridgehead atoms. The fourth-order valence-electron chi connectivity index (χ4n) is 2.75. The zero-order valence-corrected chi connectivity index (χ0v) is 16.2. The molecule has 0 saturated carbocycles. The lowest BCUT2D eigenvalue weighted by Gasteiger charge is -2.13. The highest BCUT2D eigenvalue weighted by atomic mass is 32.1. The van der Waals surface area contributed by atoms with Gasteiger partial charge in [-0.3, -0.25) is 4.98 Å². The molecule has 0 aliphatic rings. The van der Waals surface area contributed by atoms with Crippen LogP contribution in [0.2, 0.25) is 0 Å². The van der Waals surface area contributed by atoms with Crippen molar-refractivity contribution in [2.75, 3.05) is 10.6 Å². The van der Waals surface area contributed by atoms with Crippen molar-refractivity contribution >= 4 is 39.0 Å². The molecule has 0 atom stereocenters. The Morgan fingerprint density at radius 1 is 0.963 bits per heavy atom. The summed E-state index contributed by atoms with van der Waals surface area (Å²) in [5.41, 5.74) is 3.50. The molecule has 0 amide bonds. The standard InChI is InChI=1S/C20H20N6S/c1-12(2)22-20-25-16(15-6-4-5-9-21-15)11-19(26-20)24-14-7-8-18-17(10-14)23-13(3)27-18/h4-12H,1-3H3,(H2,22,24,25,26). The van der Waals surface area contributed by atoms with E-state index in [0.29, 0.717) is 11.8 Å². The number of fused-ring (bicyclic) bond motifs is 1. The maximum Gasteiger partial charge on any atom is 0.225 e. The molecule has 2 N–H and O–H groups in total. The van der Waals surface area contributed by atoms with E-state index < -0.39 is 0 Å². The topological polar surface area (TPSA) is 75.6 Å². The van der Waals surface area contributed by atoms with Gasteiger partial charge in [0.2, 0.25) is 5.95 Å². The van der Waals surface area contributed by atoms with Crippen molar-refractivity contribution in [2.24, 2.45) is 0 Å². The number of benzene rings is 1. The Balaban J connectivity index is 1.71. The van der Waals surface area contributed by atoms with Crippen LogP contribution in [0.15, 0.2) is 48.7 Å². The van der Waals surface area contributed by atoms with E-state index in [9.17, 15) is 0 Å². The molecule has 1 aromatic carbocycles. The van der Waals surface area contributed by atoms with Gasteiger partial charge in [-0.1, -0.05) is 6.07 Å². The van der Waals surface area contributed by atoms with Gasteiger partial charge >= 0.3 is 0 Å². The van der Waals surface area contributed by atoms with Crippen LogP contribution in [0, 0.1) is 6.92 Å². The van der Waals surface area contributed by atoms with Crippen molar-refractivity contribution in [3.8, 4) is 11.4 Å². The molecule has 4 rings (SSSR count). The average Bonchev–Trinajstić information content (AvgIpc) is 3.01. The first-order valence-electron chi connectivity index (χ1n) is 8.78. The van der Waals surface area contributed by atoms with Crippen molar-refractivity contribution in [1.82, 2.24) is 19.9 Å². The van der Waals surface area contributed by atoms with Gasteiger partial charge in [-0.05, 0) is 51.1 Å². The van der Waals surface area contributed by atoms with Gasteiger partial charge in [0.1, 0.15) is 5.82 Å². The third-order valence-corrected chi connectivity index (χ3v) is 4.79. The van der Waals surface area contributed by atoms with Crippen molar-refractivity contribution < 1.29 is 0 Å². The molecular weight excluding hydrogens is 356 g/mol. The summed E-state index contributed by atoms with van der Waals surface area (Å²) in [4.78, 5) is 18.2. The summed E-state index contributed by atoms with van der Waals surface area (Å²) in [6.07, 6.45) is 1.76. The minimum atomic E-state index is 0.228. The van der Waals surface area contributed by atoms with Gasteiger partial charge in [0.15, 0.2) is 0 Å². The number of nitrogens with zero attached hydrogens (tertiary/aromatic N) is 4. The summed E-state index contributed by atoms with van der Waals surface area (Å²) in [7, 11) is 0. The molecule has 0 unspecified atom stereocenters. The molecule has 0 aliphatic heterocycles. The monoisotopic (exact) mass is 376 g/mol. The molecule has 0 saturated heterocycles. The average molecular weight is 376 g/mol. The van der Waals surface area contributed by atoms with Gasteiger partial charge in [0, 0.05) is 24.0 Å². The normalized spacial score (nSPS) is 11.1. The molecular formula is C20H20N6S. The summed E-state index contributed by atoms with van der Waals surface area (Å²) in [6.45, 7) is 6.13. The third kappa shape index (κ3) is 4.03. The first-order valence-corrected chi connectivity index (χ1v) is 9.60. The first-order chi connectivity index (χ1) is 13.1. The van der Waals surface area contributed by atoms with Gasteiger partial charge in [-0.15, -0.1) is 11.3 Å². The smallest absolute Gasteiger partial charge is 0.225 e. The van der Waals surface area contributed by atoms with Gasteiger partial charge in [-0.25, -0.2) is 9.97 Å². The Hall–Kier alpha value is -3.06. The highest BCUT2D eigenvalue weighted by Crippen LogP contribution is 2.27. The Morgan fingerprint density at radius 2 is 1.85 bits per heavy atom. The molecule has 3 heterocycles. The van der Waals surface area contributed by atoms with E-state index in [-0.39, 0.29) is 6.04 Å².